The molecule has 1 aliphatic heterocycles. The second-order valence-electron chi connectivity index (χ2n) is 2.65. The minimum absolute atomic E-state index is 0.270. The summed E-state index contributed by atoms with van der Waals surface area (Å²) in [5.74, 6) is 0.848. The van der Waals surface area contributed by atoms with Crippen LogP contribution in [-0.2, 0) is 0 Å². The summed E-state index contributed by atoms with van der Waals surface area (Å²) in [5.41, 5.74) is 0. The van der Waals surface area contributed by atoms with Crippen LogP contribution in [0, 0.1) is 11.3 Å². The summed E-state index contributed by atoms with van der Waals surface area (Å²) < 4.78 is 23.1. The highest BCUT2D eigenvalue weighted by Crippen LogP contribution is 2.41. The lowest BCUT2D eigenvalue weighted by Crippen LogP contribution is -2.21. The SMILES string of the molecule is N#CC1(CC(F)F)CCCS1. The largest absolute Gasteiger partial charge is 0.241 e. The second kappa shape index (κ2) is 3.40. The van der Waals surface area contributed by atoms with Crippen LogP contribution in [0.4, 0.5) is 8.78 Å². The molecule has 1 atom stereocenters. The second-order valence-corrected chi connectivity index (χ2v) is 4.13. The quantitative estimate of drug-likeness (QED) is 0.646. The fraction of sp³-hybridized carbons (Fsp3) is 0.857. The Morgan fingerprint density at radius 2 is 2.36 bits per heavy atom. The maximum atomic E-state index is 12.0. The van der Waals surface area contributed by atoms with Crippen LogP contribution in [0.15, 0.2) is 0 Å². The van der Waals surface area contributed by atoms with E-state index in [-0.39, 0.29) is 6.42 Å². The van der Waals surface area contributed by atoms with Crippen molar-refractivity contribution in [2.75, 3.05) is 5.75 Å². The molecule has 0 aromatic heterocycles. The topological polar surface area (TPSA) is 23.8 Å². The molecule has 0 aromatic rings. The van der Waals surface area contributed by atoms with Gasteiger partial charge in [-0.15, -0.1) is 11.8 Å². The Balaban J connectivity index is 2.54. The Kier molecular flexibility index (Phi) is 2.72. The van der Waals surface area contributed by atoms with Gasteiger partial charge >= 0.3 is 0 Å². The molecule has 1 nitrogen and oxygen atoms in total. The van der Waals surface area contributed by atoms with Crippen molar-refractivity contribution in [3.63, 3.8) is 0 Å². The number of hydrogen-bond donors (Lipinski definition) is 0. The van der Waals surface area contributed by atoms with Crippen LogP contribution in [0.5, 0.6) is 0 Å². The van der Waals surface area contributed by atoms with Crippen LogP contribution in [0.3, 0.4) is 0 Å². The molecule has 0 saturated carbocycles. The molecular formula is C7H9F2NS. The van der Waals surface area contributed by atoms with E-state index in [2.05, 4.69) is 0 Å². The number of halogens is 2. The Bertz CT molecular complexity index is 170. The van der Waals surface area contributed by atoms with Crippen LogP contribution in [0.2, 0.25) is 0 Å². The van der Waals surface area contributed by atoms with Gasteiger partial charge in [-0.1, -0.05) is 0 Å². The van der Waals surface area contributed by atoms with E-state index in [0.717, 1.165) is 12.2 Å². The van der Waals surface area contributed by atoms with Crippen molar-refractivity contribution in [2.24, 2.45) is 0 Å². The summed E-state index contributed by atoms with van der Waals surface area (Å²) in [6.45, 7) is 0. The summed E-state index contributed by atoms with van der Waals surface area (Å²) in [7, 11) is 0. The van der Waals surface area contributed by atoms with Crippen LogP contribution in [0.1, 0.15) is 19.3 Å². The third kappa shape index (κ3) is 2.06. The maximum Gasteiger partial charge on any atom is 0.241 e. The predicted molar refractivity (Wildman–Crippen MR) is 40.7 cm³/mol. The molecule has 0 aromatic carbocycles. The molecule has 62 valence electrons. The Labute approximate surface area is 68.8 Å². The molecule has 11 heavy (non-hydrogen) atoms. The van der Waals surface area contributed by atoms with Crippen molar-refractivity contribution in [3.8, 4) is 6.07 Å². The van der Waals surface area contributed by atoms with Crippen molar-refractivity contribution >= 4 is 11.8 Å². The minimum Gasteiger partial charge on any atom is -0.210 e. The van der Waals surface area contributed by atoms with E-state index >= 15 is 0 Å². The first-order valence-electron chi connectivity index (χ1n) is 3.52. The average molecular weight is 177 g/mol. The van der Waals surface area contributed by atoms with Crippen LogP contribution >= 0.6 is 11.8 Å². The van der Waals surface area contributed by atoms with Crippen LogP contribution < -0.4 is 0 Å². The van der Waals surface area contributed by atoms with Gasteiger partial charge in [0.25, 0.3) is 0 Å². The summed E-state index contributed by atoms with van der Waals surface area (Å²) in [4.78, 5) is 0. The molecule has 1 fully saturated rings. The monoisotopic (exact) mass is 177 g/mol. The molecule has 1 heterocycles. The van der Waals surface area contributed by atoms with E-state index in [1.165, 1.54) is 11.8 Å². The predicted octanol–water partition coefficient (Wildman–Crippen LogP) is 2.43. The van der Waals surface area contributed by atoms with Gasteiger partial charge in [0.05, 0.1) is 6.07 Å². The zero-order valence-corrected chi connectivity index (χ0v) is 6.83. The van der Waals surface area contributed by atoms with Crippen molar-refractivity contribution in [1.29, 1.82) is 5.26 Å². The average Bonchev–Trinajstić information content (AvgIpc) is 2.36. The zero-order valence-electron chi connectivity index (χ0n) is 6.02. The number of hydrogen-bond acceptors (Lipinski definition) is 2. The van der Waals surface area contributed by atoms with Crippen LogP contribution in [-0.4, -0.2) is 16.9 Å². The Morgan fingerprint density at radius 3 is 2.73 bits per heavy atom. The van der Waals surface area contributed by atoms with E-state index < -0.39 is 11.2 Å². The normalized spacial score (nSPS) is 30.7. The van der Waals surface area contributed by atoms with Gasteiger partial charge in [-0.05, 0) is 18.6 Å². The molecule has 1 unspecified atom stereocenters. The first-order chi connectivity index (χ1) is 5.18. The zero-order chi connectivity index (χ0) is 8.32. The summed E-state index contributed by atoms with van der Waals surface area (Å²) in [5, 5.41) is 8.66. The number of nitriles is 1. The van der Waals surface area contributed by atoms with E-state index in [1.807, 2.05) is 6.07 Å². The molecule has 1 saturated heterocycles. The molecular weight excluding hydrogens is 168 g/mol. The molecule has 0 radical (unpaired) electrons. The third-order valence-corrected chi connectivity index (χ3v) is 3.30. The molecule has 1 rings (SSSR count). The molecule has 0 bridgehead atoms. The first-order valence-corrected chi connectivity index (χ1v) is 4.50. The summed E-state index contributed by atoms with van der Waals surface area (Å²) in [6.07, 6.45) is -1.10. The van der Waals surface area contributed by atoms with Crippen molar-refractivity contribution in [3.05, 3.63) is 0 Å². The van der Waals surface area contributed by atoms with E-state index in [9.17, 15) is 8.78 Å². The smallest absolute Gasteiger partial charge is 0.210 e. The lowest BCUT2D eigenvalue weighted by Gasteiger charge is -2.17. The van der Waals surface area contributed by atoms with Gasteiger partial charge < -0.3 is 0 Å². The van der Waals surface area contributed by atoms with Crippen LogP contribution in [0.25, 0.3) is 0 Å². The number of rotatable bonds is 2. The molecule has 0 spiro atoms. The van der Waals surface area contributed by atoms with E-state index in [0.29, 0.717) is 6.42 Å². The van der Waals surface area contributed by atoms with Crippen molar-refractivity contribution in [1.82, 2.24) is 0 Å². The molecule has 0 aliphatic carbocycles. The standard InChI is InChI=1S/C7H9F2NS/c8-6(9)4-7(5-10)2-1-3-11-7/h6H,1-4H2. The highest BCUT2D eigenvalue weighted by Gasteiger charge is 2.37. The Morgan fingerprint density at radius 1 is 1.64 bits per heavy atom. The minimum atomic E-state index is -2.35. The van der Waals surface area contributed by atoms with Gasteiger partial charge in [0.15, 0.2) is 0 Å². The first kappa shape index (κ1) is 8.79. The van der Waals surface area contributed by atoms with Crippen molar-refractivity contribution < 1.29 is 8.78 Å². The van der Waals surface area contributed by atoms with Gasteiger partial charge in [-0.25, -0.2) is 8.78 Å². The number of alkyl halides is 2. The number of nitrogens with zero attached hydrogens (tertiary/aromatic N) is 1. The van der Waals surface area contributed by atoms with Gasteiger partial charge in [0, 0.05) is 6.42 Å². The lowest BCUT2D eigenvalue weighted by molar-refractivity contribution is 0.129. The highest BCUT2D eigenvalue weighted by molar-refractivity contribution is 8.01. The fourth-order valence-electron chi connectivity index (χ4n) is 1.24. The summed E-state index contributed by atoms with van der Waals surface area (Å²) >= 11 is 1.38. The molecule has 1 aliphatic rings. The lowest BCUT2D eigenvalue weighted by atomic mass is 10.0. The Hall–Kier alpha value is -0.300. The van der Waals surface area contributed by atoms with Gasteiger partial charge in [0.2, 0.25) is 6.43 Å². The molecule has 4 heteroatoms. The van der Waals surface area contributed by atoms with Gasteiger partial charge in [-0.2, -0.15) is 5.26 Å². The van der Waals surface area contributed by atoms with Gasteiger partial charge in [-0.3, -0.25) is 0 Å². The third-order valence-electron chi connectivity index (χ3n) is 1.79. The number of thioether (sulfide) groups is 1. The maximum absolute atomic E-state index is 12.0. The molecule has 0 amide bonds. The molecule has 0 N–H and O–H groups in total. The highest BCUT2D eigenvalue weighted by atomic mass is 32.2. The summed E-state index contributed by atoms with van der Waals surface area (Å²) in [6, 6.07) is 1.99. The van der Waals surface area contributed by atoms with Gasteiger partial charge in [0.1, 0.15) is 4.75 Å². The van der Waals surface area contributed by atoms with E-state index in [1.54, 1.807) is 0 Å². The van der Waals surface area contributed by atoms with Crippen molar-refractivity contribution in [2.45, 2.75) is 30.4 Å². The fourth-order valence-corrected chi connectivity index (χ4v) is 2.52. The van der Waals surface area contributed by atoms with E-state index in [4.69, 9.17) is 5.26 Å².